The Bertz CT molecular complexity index is 290. The highest BCUT2D eigenvalue weighted by atomic mass is 19.1. The van der Waals surface area contributed by atoms with Crippen LogP contribution in [0.5, 0.6) is 0 Å². The van der Waals surface area contributed by atoms with Gasteiger partial charge in [-0.05, 0) is 12.1 Å². The summed E-state index contributed by atoms with van der Waals surface area (Å²) in [5.74, 6) is -2.84. The van der Waals surface area contributed by atoms with Gasteiger partial charge in [0.15, 0.2) is 0 Å². The minimum absolute atomic E-state index is 0.653. The van der Waals surface area contributed by atoms with Crippen LogP contribution in [0.2, 0.25) is 0 Å². The van der Waals surface area contributed by atoms with E-state index in [4.69, 9.17) is 0 Å². The SMILES string of the molecule is COC(=O)c1c(F)cccc1F. The first-order chi connectivity index (χ1) is 5.66. The zero-order valence-electron chi connectivity index (χ0n) is 6.30. The number of carbonyl (C=O) groups excluding carboxylic acids is 1. The van der Waals surface area contributed by atoms with Gasteiger partial charge in [-0.25, -0.2) is 13.6 Å². The number of ether oxygens (including phenoxy) is 1. The standard InChI is InChI=1S/C8H6F2O2/c1-12-8(11)7-5(9)3-2-4-6(7)10/h2-4H,1H3. The lowest BCUT2D eigenvalue weighted by atomic mass is 10.2. The van der Waals surface area contributed by atoms with Gasteiger partial charge in [-0.1, -0.05) is 6.07 Å². The summed E-state index contributed by atoms with van der Waals surface area (Å²) in [6.45, 7) is 0. The summed E-state index contributed by atoms with van der Waals surface area (Å²) < 4.78 is 29.7. The van der Waals surface area contributed by atoms with Crippen LogP contribution in [0.1, 0.15) is 10.4 Å². The number of halogens is 2. The molecule has 0 atom stereocenters. The van der Waals surface area contributed by atoms with Crippen molar-refractivity contribution in [3.05, 3.63) is 35.4 Å². The van der Waals surface area contributed by atoms with Gasteiger partial charge in [0, 0.05) is 0 Å². The van der Waals surface area contributed by atoms with Gasteiger partial charge in [-0.2, -0.15) is 0 Å². The smallest absolute Gasteiger partial charge is 0.343 e. The zero-order valence-corrected chi connectivity index (χ0v) is 6.30. The van der Waals surface area contributed by atoms with Crippen LogP contribution in [-0.4, -0.2) is 13.1 Å². The van der Waals surface area contributed by atoms with E-state index in [1.54, 1.807) is 0 Å². The molecular formula is C8H6F2O2. The molecule has 0 bridgehead atoms. The van der Waals surface area contributed by atoms with Crippen molar-refractivity contribution in [1.29, 1.82) is 0 Å². The van der Waals surface area contributed by atoms with E-state index in [9.17, 15) is 13.6 Å². The number of hydrogen-bond donors (Lipinski definition) is 0. The monoisotopic (exact) mass is 172 g/mol. The highest BCUT2D eigenvalue weighted by molar-refractivity contribution is 5.89. The van der Waals surface area contributed by atoms with Crippen molar-refractivity contribution < 1.29 is 18.3 Å². The predicted molar refractivity (Wildman–Crippen MR) is 37.7 cm³/mol. The fraction of sp³-hybridized carbons (Fsp3) is 0.125. The predicted octanol–water partition coefficient (Wildman–Crippen LogP) is 1.75. The van der Waals surface area contributed by atoms with Gasteiger partial charge in [0.25, 0.3) is 0 Å². The molecule has 12 heavy (non-hydrogen) atoms. The van der Waals surface area contributed by atoms with Crippen LogP contribution in [0.15, 0.2) is 18.2 Å². The van der Waals surface area contributed by atoms with E-state index < -0.39 is 23.2 Å². The van der Waals surface area contributed by atoms with Gasteiger partial charge >= 0.3 is 5.97 Å². The quantitative estimate of drug-likeness (QED) is 0.603. The molecule has 0 aliphatic carbocycles. The van der Waals surface area contributed by atoms with Gasteiger partial charge in [-0.3, -0.25) is 0 Å². The maximum atomic E-state index is 12.7. The van der Waals surface area contributed by atoms with E-state index in [0.717, 1.165) is 19.2 Å². The van der Waals surface area contributed by atoms with E-state index >= 15 is 0 Å². The summed E-state index contributed by atoms with van der Waals surface area (Å²) in [6, 6.07) is 3.17. The molecule has 1 rings (SSSR count). The van der Waals surface area contributed by atoms with Crippen LogP contribution < -0.4 is 0 Å². The number of benzene rings is 1. The molecule has 0 saturated carbocycles. The Hall–Kier alpha value is -1.45. The van der Waals surface area contributed by atoms with E-state index in [1.165, 1.54) is 6.07 Å². The Morgan fingerprint density at radius 1 is 1.33 bits per heavy atom. The van der Waals surface area contributed by atoms with Gasteiger partial charge in [-0.15, -0.1) is 0 Å². The Morgan fingerprint density at radius 3 is 2.25 bits per heavy atom. The molecule has 0 fully saturated rings. The minimum atomic E-state index is -1.01. The molecule has 0 radical (unpaired) electrons. The second-order valence-electron chi connectivity index (χ2n) is 2.09. The van der Waals surface area contributed by atoms with Crippen molar-refractivity contribution in [2.24, 2.45) is 0 Å². The molecule has 0 aromatic heterocycles. The zero-order chi connectivity index (χ0) is 9.14. The molecule has 4 heteroatoms. The Balaban J connectivity index is 3.21. The molecule has 0 aliphatic heterocycles. The summed E-state index contributed by atoms with van der Waals surface area (Å²) >= 11 is 0. The summed E-state index contributed by atoms with van der Waals surface area (Å²) in [7, 11) is 1.06. The third-order valence-electron chi connectivity index (χ3n) is 1.35. The van der Waals surface area contributed by atoms with Gasteiger partial charge < -0.3 is 4.74 Å². The molecule has 1 aromatic carbocycles. The van der Waals surface area contributed by atoms with Crippen LogP contribution in [0.3, 0.4) is 0 Å². The van der Waals surface area contributed by atoms with Gasteiger partial charge in [0.05, 0.1) is 7.11 Å². The van der Waals surface area contributed by atoms with E-state index in [0.29, 0.717) is 0 Å². The Labute approximate surface area is 67.8 Å². The van der Waals surface area contributed by atoms with Gasteiger partial charge in [0.2, 0.25) is 0 Å². The van der Waals surface area contributed by atoms with Crippen molar-refractivity contribution in [2.75, 3.05) is 7.11 Å². The van der Waals surface area contributed by atoms with Crippen molar-refractivity contribution in [3.63, 3.8) is 0 Å². The van der Waals surface area contributed by atoms with Gasteiger partial charge in [0.1, 0.15) is 17.2 Å². The lowest BCUT2D eigenvalue weighted by Gasteiger charge is -2.00. The third kappa shape index (κ3) is 1.42. The molecule has 1 aromatic rings. The van der Waals surface area contributed by atoms with E-state index in [1.807, 2.05) is 0 Å². The molecule has 64 valence electrons. The molecule has 0 spiro atoms. The number of rotatable bonds is 1. The molecule has 0 saturated heterocycles. The maximum absolute atomic E-state index is 12.7. The fourth-order valence-electron chi connectivity index (χ4n) is 0.795. The highest BCUT2D eigenvalue weighted by Crippen LogP contribution is 2.12. The maximum Gasteiger partial charge on any atom is 0.343 e. The van der Waals surface area contributed by atoms with Crippen molar-refractivity contribution in [2.45, 2.75) is 0 Å². The Morgan fingerprint density at radius 2 is 1.83 bits per heavy atom. The van der Waals surface area contributed by atoms with Crippen molar-refractivity contribution >= 4 is 5.97 Å². The second kappa shape index (κ2) is 3.30. The van der Waals surface area contributed by atoms with Crippen LogP contribution in [0.25, 0.3) is 0 Å². The lowest BCUT2D eigenvalue weighted by Crippen LogP contribution is -2.07. The number of esters is 1. The Kier molecular flexibility index (Phi) is 2.38. The molecular weight excluding hydrogens is 166 g/mol. The molecule has 0 amide bonds. The molecule has 0 N–H and O–H groups in total. The van der Waals surface area contributed by atoms with E-state index in [2.05, 4.69) is 4.74 Å². The second-order valence-corrected chi connectivity index (χ2v) is 2.09. The summed E-state index contributed by atoms with van der Waals surface area (Å²) in [4.78, 5) is 10.8. The summed E-state index contributed by atoms with van der Waals surface area (Å²) in [5.41, 5.74) is -0.653. The highest BCUT2D eigenvalue weighted by Gasteiger charge is 2.16. The number of methoxy groups -OCH3 is 1. The normalized spacial score (nSPS) is 9.58. The number of carbonyl (C=O) groups is 1. The van der Waals surface area contributed by atoms with Crippen LogP contribution in [-0.2, 0) is 4.74 Å². The van der Waals surface area contributed by atoms with E-state index in [-0.39, 0.29) is 0 Å². The fourth-order valence-corrected chi connectivity index (χ4v) is 0.795. The summed E-state index contributed by atoms with van der Waals surface area (Å²) in [6.07, 6.45) is 0. The molecule has 0 unspecified atom stereocenters. The number of hydrogen-bond acceptors (Lipinski definition) is 2. The third-order valence-corrected chi connectivity index (χ3v) is 1.35. The average Bonchev–Trinajstić information content (AvgIpc) is 2.03. The van der Waals surface area contributed by atoms with Crippen molar-refractivity contribution in [3.8, 4) is 0 Å². The first-order valence-corrected chi connectivity index (χ1v) is 3.19. The molecule has 0 heterocycles. The molecule has 2 nitrogen and oxygen atoms in total. The summed E-state index contributed by atoms with van der Waals surface area (Å²) in [5, 5.41) is 0. The largest absolute Gasteiger partial charge is 0.465 e. The average molecular weight is 172 g/mol. The van der Waals surface area contributed by atoms with Crippen LogP contribution in [0.4, 0.5) is 8.78 Å². The van der Waals surface area contributed by atoms with Crippen LogP contribution in [0, 0.1) is 11.6 Å². The van der Waals surface area contributed by atoms with Crippen LogP contribution >= 0.6 is 0 Å². The minimum Gasteiger partial charge on any atom is -0.465 e. The topological polar surface area (TPSA) is 26.3 Å². The first kappa shape index (κ1) is 8.64. The first-order valence-electron chi connectivity index (χ1n) is 3.19. The van der Waals surface area contributed by atoms with Crippen molar-refractivity contribution in [1.82, 2.24) is 0 Å². The lowest BCUT2D eigenvalue weighted by molar-refractivity contribution is 0.0590. The molecule has 0 aliphatic rings.